The second kappa shape index (κ2) is 6.74. The Balaban J connectivity index is 1.51. The van der Waals surface area contributed by atoms with Gasteiger partial charge in [0.2, 0.25) is 0 Å². The van der Waals surface area contributed by atoms with E-state index in [4.69, 9.17) is 0 Å². The van der Waals surface area contributed by atoms with Crippen molar-refractivity contribution in [1.29, 1.82) is 0 Å². The maximum atomic E-state index is 13.1. The highest BCUT2D eigenvalue weighted by Gasteiger charge is 2.25. The van der Waals surface area contributed by atoms with Crippen LogP contribution in [0.3, 0.4) is 0 Å². The molecular weight excluding hydrogens is 331 g/mol. The van der Waals surface area contributed by atoms with Gasteiger partial charge in [-0.25, -0.2) is 14.4 Å². The third-order valence-corrected chi connectivity index (χ3v) is 4.40. The molecule has 26 heavy (non-hydrogen) atoms. The van der Waals surface area contributed by atoms with Crippen LogP contribution >= 0.6 is 0 Å². The van der Waals surface area contributed by atoms with Crippen LogP contribution in [0.5, 0.6) is 0 Å². The third kappa shape index (κ3) is 3.37. The number of hydrogen-bond donors (Lipinski definition) is 1. The second-order valence-electron chi connectivity index (χ2n) is 6.82. The normalized spacial score (nSPS) is 13.3. The fourth-order valence-electron chi connectivity index (χ4n) is 3.16. The number of fused-ring (bicyclic) bond motifs is 1. The zero-order valence-electron chi connectivity index (χ0n) is 14.9. The second-order valence-corrected chi connectivity index (χ2v) is 6.82. The Bertz CT molecular complexity index is 903. The molecule has 1 aromatic carbocycles. The van der Waals surface area contributed by atoms with Crippen LogP contribution in [0.1, 0.15) is 30.7 Å². The summed E-state index contributed by atoms with van der Waals surface area (Å²) in [6.45, 7) is 6.31. The summed E-state index contributed by atoms with van der Waals surface area (Å²) in [5.41, 5.74) is 3.40. The van der Waals surface area contributed by atoms with Crippen molar-refractivity contribution in [2.45, 2.75) is 39.5 Å². The van der Waals surface area contributed by atoms with Crippen LogP contribution in [0.15, 0.2) is 42.9 Å². The van der Waals surface area contributed by atoms with Crippen LogP contribution in [0.2, 0.25) is 0 Å². The average Bonchev–Trinajstić information content (AvgIpc) is 3.18. The predicted octanol–water partition coefficient (Wildman–Crippen LogP) is 3.20. The van der Waals surface area contributed by atoms with E-state index in [1.54, 1.807) is 18.5 Å². The highest BCUT2D eigenvalue weighted by Crippen LogP contribution is 2.28. The minimum atomic E-state index is -0.222. The zero-order chi connectivity index (χ0) is 18.1. The fourth-order valence-corrected chi connectivity index (χ4v) is 3.16. The van der Waals surface area contributed by atoms with Gasteiger partial charge >= 0.3 is 0 Å². The molecule has 0 aliphatic carbocycles. The molecule has 1 aliphatic heterocycles. The first kappa shape index (κ1) is 16.5. The number of halogens is 1. The molecule has 0 spiro atoms. The van der Waals surface area contributed by atoms with Gasteiger partial charge in [0.15, 0.2) is 0 Å². The summed E-state index contributed by atoms with van der Waals surface area (Å²) in [4.78, 5) is 10.9. The smallest absolute Gasteiger partial charge is 0.134 e. The van der Waals surface area contributed by atoms with Crippen molar-refractivity contribution in [3.8, 4) is 0 Å². The van der Waals surface area contributed by atoms with Crippen molar-refractivity contribution >= 4 is 11.6 Å². The molecule has 134 valence electrons. The topological polar surface area (TPSA) is 58.9 Å². The maximum Gasteiger partial charge on any atom is 0.134 e. The number of nitrogens with one attached hydrogen (secondary N) is 1. The first-order valence-corrected chi connectivity index (χ1v) is 8.70. The Labute approximate surface area is 151 Å². The van der Waals surface area contributed by atoms with Gasteiger partial charge in [0.05, 0.1) is 25.0 Å². The molecular formula is C19H21FN6. The van der Waals surface area contributed by atoms with Gasteiger partial charge in [-0.15, -0.1) is 0 Å². The van der Waals surface area contributed by atoms with Crippen LogP contribution in [-0.4, -0.2) is 25.8 Å². The Kier molecular flexibility index (Phi) is 4.28. The SMILES string of the molecule is CC(C)Nc1cc(N2Cc3cnn(Cc4ccc(F)cc4)c3C2)ncn1. The van der Waals surface area contributed by atoms with Crippen LogP contribution in [0.25, 0.3) is 0 Å². The molecule has 7 heteroatoms. The van der Waals surface area contributed by atoms with Gasteiger partial charge in [-0.05, 0) is 31.5 Å². The van der Waals surface area contributed by atoms with Crippen molar-refractivity contribution in [2.75, 3.05) is 10.2 Å². The van der Waals surface area contributed by atoms with E-state index in [1.165, 1.54) is 23.4 Å². The number of anilines is 2. The van der Waals surface area contributed by atoms with Gasteiger partial charge in [0, 0.05) is 24.2 Å². The number of hydrogen-bond acceptors (Lipinski definition) is 5. The highest BCUT2D eigenvalue weighted by molar-refractivity contribution is 5.51. The molecule has 4 rings (SSSR count). The summed E-state index contributed by atoms with van der Waals surface area (Å²) in [6, 6.07) is 8.85. The molecule has 0 unspecified atom stereocenters. The van der Waals surface area contributed by atoms with Crippen molar-refractivity contribution in [2.24, 2.45) is 0 Å². The highest BCUT2D eigenvalue weighted by atomic mass is 19.1. The molecule has 0 atom stereocenters. The van der Waals surface area contributed by atoms with E-state index in [-0.39, 0.29) is 5.82 Å². The molecule has 6 nitrogen and oxygen atoms in total. The van der Waals surface area contributed by atoms with Crippen LogP contribution in [-0.2, 0) is 19.6 Å². The first-order valence-electron chi connectivity index (χ1n) is 8.70. The van der Waals surface area contributed by atoms with E-state index >= 15 is 0 Å². The third-order valence-electron chi connectivity index (χ3n) is 4.40. The lowest BCUT2D eigenvalue weighted by molar-refractivity contribution is 0.620. The van der Waals surface area contributed by atoms with E-state index in [0.29, 0.717) is 12.6 Å². The van der Waals surface area contributed by atoms with Gasteiger partial charge in [-0.3, -0.25) is 4.68 Å². The Morgan fingerprint density at radius 2 is 1.96 bits per heavy atom. The van der Waals surface area contributed by atoms with Crippen molar-refractivity contribution in [3.63, 3.8) is 0 Å². The van der Waals surface area contributed by atoms with Crippen molar-refractivity contribution < 1.29 is 4.39 Å². The molecule has 0 radical (unpaired) electrons. The molecule has 0 saturated heterocycles. The Morgan fingerprint density at radius 3 is 2.73 bits per heavy atom. The lowest BCUT2D eigenvalue weighted by Gasteiger charge is -2.18. The fraction of sp³-hybridized carbons (Fsp3) is 0.316. The van der Waals surface area contributed by atoms with E-state index < -0.39 is 0 Å². The van der Waals surface area contributed by atoms with Gasteiger partial charge < -0.3 is 10.2 Å². The quantitative estimate of drug-likeness (QED) is 0.764. The maximum absolute atomic E-state index is 13.1. The van der Waals surface area contributed by atoms with Crippen molar-refractivity contribution in [1.82, 2.24) is 19.7 Å². The Morgan fingerprint density at radius 1 is 1.15 bits per heavy atom. The van der Waals surface area contributed by atoms with Crippen LogP contribution < -0.4 is 10.2 Å². The summed E-state index contributed by atoms with van der Waals surface area (Å²) in [5, 5.41) is 7.80. The molecule has 0 saturated carbocycles. The Hall–Kier alpha value is -2.96. The number of nitrogens with zero attached hydrogens (tertiary/aromatic N) is 5. The van der Waals surface area contributed by atoms with Gasteiger partial charge in [0.1, 0.15) is 23.8 Å². The number of rotatable bonds is 5. The predicted molar refractivity (Wildman–Crippen MR) is 98.4 cm³/mol. The van der Waals surface area contributed by atoms with Crippen LogP contribution in [0, 0.1) is 5.82 Å². The molecule has 2 aromatic heterocycles. The minimum Gasteiger partial charge on any atom is -0.368 e. The molecule has 1 aliphatic rings. The summed E-state index contributed by atoms with van der Waals surface area (Å²) in [7, 11) is 0. The molecule has 0 fully saturated rings. The monoisotopic (exact) mass is 352 g/mol. The number of aromatic nitrogens is 4. The van der Waals surface area contributed by atoms with Gasteiger partial charge in [-0.1, -0.05) is 12.1 Å². The van der Waals surface area contributed by atoms with Gasteiger partial charge in [-0.2, -0.15) is 5.10 Å². The average molecular weight is 352 g/mol. The molecule has 0 amide bonds. The number of benzene rings is 1. The van der Waals surface area contributed by atoms with E-state index in [0.717, 1.165) is 30.3 Å². The van der Waals surface area contributed by atoms with Crippen LogP contribution in [0.4, 0.5) is 16.0 Å². The van der Waals surface area contributed by atoms with Gasteiger partial charge in [0.25, 0.3) is 0 Å². The largest absolute Gasteiger partial charge is 0.368 e. The van der Waals surface area contributed by atoms with Crippen molar-refractivity contribution in [3.05, 3.63) is 65.5 Å². The standard InChI is InChI=1S/C19H21FN6/c1-13(2)24-18-7-19(22-12-21-18)25-10-15-8-23-26(17(15)11-25)9-14-3-5-16(20)6-4-14/h3-8,12-13H,9-11H2,1-2H3,(H,21,22,24). The lowest BCUT2D eigenvalue weighted by Crippen LogP contribution is -2.19. The molecule has 3 heterocycles. The van der Waals surface area contributed by atoms with E-state index in [9.17, 15) is 4.39 Å². The molecule has 1 N–H and O–H groups in total. The summed E-state index contributed by atoms with van der Waals surface area (Å²) >= 11 is 0. The summed E-state index contributed by atoms with van der Waals surface area (Å²) < 4.78 is 15.1. The molecule has 0 bridgehead atoms. The zero-order valence-corrected chi connectivity index (χ0v) is 14.9. The summed E-state index contributed by atoms with van der Waals surface area (Å²) in [5.74, 6) is 1.50. The minimum absolute atomic E-state index is 0.222. The van der Waals surface area contributed by atoms with E-state index in [1.807, 2.05) is 16.9 Å². The summed E-state index contributed by atoms with van der Waals surface area (Å²) in [6.07, 6.45) is 3.50. The lowest BCUT2D eigenvalue weighted by atomic mass is 10.2. The molecule has 3 aromatic rings. The van der Waals surface area contributed by atoms with E-state index in [2.05, 4.69) is 39.1 Å². The first-order chi connectivity index (χ1) is 12.6.